The standard InChI is InChI=1S/C10H16N2O3/c1-10(2,3)7(6-8(13)14)12-5-4-11-9(12)15/h4-5,7H,6H2,1-3H3,(H,11,15)(H,13,14). The number of carboxylic acids is 1. The number of hydrogen-bond donors (Lipinski definition) is 2. The molecule has 0 saturated carbocycles. The van der Waals surface area contributed by atoms with Gasteiger partial charge in [-0.2, -0.15) is 0 Å². The van der Waals surface area contributed by atoms with Crippen molar-refractivity contribution in [3.8, 4) is 0 Å². The highest BCUT2D eigenvalue weighted by molar-refractivity contribution is 5.67. The van der Waals surface area contributed by atoms with Crippen molar-refractivity contribution in [3.63, 3.8) is 0 Å². The monoisotopic (exact) mass is 212 g/mol. The predicted octanol–water partition coefficient (Wildman–Crippen LogP) is 1.24. The molecule has 1 rings (SSSR count). The fourth-order valence-electron chi connectivity index (χ4n) is 1.56. The number of aromatic nitrogens is 2. The van der Waals surface area contributed by atoms with Crippen LogP contribution in [0, 0.1) is 5.41 Å². The molecule has 0 fully saturated rings. The van der Waals surface area contributed by atoms with Gasteiger partial charge in [0, 0.05) is 12.4 Å². The number of carboxylic acid groups (broad SMARTS) is 1. The van der Waals surface area contributed by atoms with Crippen molar-refractivity contribution in [1.82, 2.24) is 9.55 Å². The van der Waals surface area contributed by atoms with Crippen LogP contribution < -0.4 is 5.69 Å². The SMILES string of the molecule is CC(C)(C)C(CC(=O)O)n1cc[nH]c1=O. The summed E-state index contributed by atoms with van der Waals surface area (Å²) in [4.78, 5) is 24.6. The van der Waals surface area contributed by atoms with Crippen LogP contribution in [0.1, 0.15) is 33.2 Å². The van der Waals surface area contributed by atoms with Gasteiger partial charge >= 0.3 is 11.7 Å². The van der Waals surface area contributed by atoms with Gasteiger partial charge in [0.15, 0.2) is 0 Å². The maximum Gasteiger partial charge on any atom is 0.325 e. The van der Waals surface area contributed by atoms with Crippen LogP contribution in [0.3, 0.4) is 0 Å². The lowest BCUT2D eigenvalue weighted by Crippen LogP contribution is -2.32. The van der Waals surface area contributed by atoms with Crippen molar-refractivity contribution in [3.05, 3.63) is 22.9 Å². The number of aromatic amines is 1. The number of rotatable bonds is 3. The zero-order chi connectivity index (χ0) is 11.6. The molecule has 0 amide bonds. The van der Waals surface area contributed by atoms with E-state index in [-0.39, 0.29) is 23.6 Å². The highest BCUT2D eigenvalue weighted by Crippen LogP contribution is 2.32. The number of aliphatic carboxylic acids is 1. The van der Waals surface area contributed by atoms with Crippen molar-refractivity contribution < 1.29 is 9.90 Å². The van der Waals surface area contributed by atoms with Gasteiger partial charge in [-0.3, -0.25) is 9.36 Å². The van der Waals surface area contributed by atoms with Crippen LogP contribution in [0.2, 0.25) is 0 Å². The third kappa shape index (κ3) is 2.71. The fourth-order valence-corrected chi connectivity index (χ4v) is 1.56. The average Bonchev–Trinajstić information content (AvgIpc) is 2.45. The molecule has 0 radical (unpaired) electrons. The smallest absolute Gasteiger partial charge is 0.325 e. The zero-order valence-corrected chi connectivity index (χ0v) is 9.15. The highest BCUT2D eigenvalue weighted by atomic mass is 16.4. The third-order valence-electron chi connectivity index (χ3n) is 2.38. The molecule has 0 aliphatic carbocycles. The van der Waals surface area contributed by atoms with Crippen LogP contribution in [0.5, 0.6) is 0 Å². The van der Waals surface area contributed by atoms with E-state index in [1.54, 1.807) is 6.20 Å². The summed E-state index contributed by atoms with van der Waals surface area (Å²) in [7, 11) is 0. The molecule has 5 nitrogen and oxygen atoms in total. The molecule has 1 aromatic rings. The van der Waals surface area contributed by atoms with Crippen LogP contribution in [-0.2, 0) is 4.79 Å². The largest absolute Gasteiger partial charge is 0.481 e. The summed E-state index contributed by atoms with van der Waals surface area (Å²) < 4.78 is 1.44. The Kier molecular flexibility index (Phi) is 3.02. The summed E-state index contributed by atoms with van der Waals surface area (Å²) in [6.07, 6.45) is 3.05. The molecular formula is C10H16N2O3. The minimum atomic E-state index is -0.900. The number of carbonyl (C=O) groups is 1. The van der Waals surface area contributed by atoms with Gasteiger partial charge in [0.2, 0.25) is 0 Å². The third-order valence-corrected chi connectivity index (χ3v) is 2.38. The summed E-state index contributed by atoms with van der Waals surface area (Å²) in [5.74, 6) is -0.900. The summed E-state index contributed by atoms with van der Waals surface area (Å²) in [6.45, 7) is 5.75. The summed E-state index contributed by atoms with van der Waals surface area (Å²) in [5, 5.41) is 8.81. The zero-order valence-electron chi connectivity index (χ0n) is 9.15. The fraction of sp³-hybridized carbons (Fsp3) is 0.600. The van der Waals surface area contributed by atoms with Crippen LogP contribution >= 0.6 is 0 Å². The van der Waals surface area contributed by atoms with Crippen LogP contribution in [0.15, 0.2) is 17.2 Å². The first kappa shape index (κ1) is 11.6. The number of nitrogens with one attached hydrogen (secondary N) is 1. The van der Waals surface area contributed by atoms with E-state index in [1.165, 1.54) is 10.8 Å². The molecule has 0 aliphatic heterocycles. The molecule has 0 aromatic carbocycles. The van der Waals surface area contributed by atoms with Crippen LogP contribution in [0.25, 0.3) is 0 Å². The van der Waals surface area contributed by atoms with Gasteiger partial charge in [0.25, 0.3) is 0 Å². The van der Waals surface area contributed by atoms with E-state index in [0.29, 0.717) is 0 Å². The van der Waals surface area contributed by atoms with Crippen molar-refractivity contribution in [2.24, 2.45) is 5.41 Å². The van der Waals surface area contributed by atoms with Gasteiger partial charge in [-0.25, -0.2) is 4.79 Å². The molecule has 1 heterocycles. The van der Waals surface area contributed by atoms with Gasteiger partial charge in [-0.05, 0) is 5.41 Å². The predicted molar refractivity (Wildman–Crippen MR) is 55.8 cm³/mol. The Hall–Kier alpha value is -1.52. The van der Waals surface area contributed by atoms with E-state index in [0.717, 1.165) is 0 Å². The first-order chi connectivity index (χ1) is 6.82. The van der Waals surface area contributed by atoms with Gasteiger partial charge in [-0.15, -0.1) is 0 Å². The summed E-state index contributed by atoms with van der Waals surface area (Å²) >= 11 is 0. The Morgan fingerprint density at radius 2 is 2.20 bits per heavy atom. The first-order valence-corrected chi connectivity index (χ1v) is 4.79. The topological polar surface area (TPSA) is 75.1 Å². The Labute approximate surface area is 87.7 Å². The molecule has 1 aromatic heterocycles. The molecule has 0 bridgehead atoms. The maximum atomic E-state index is 11.4. The van der Waals surface area contributed by atoms with Crippen molar-refractivity contribution >= 4 is 5.97 Å². The Bertz CT molecular complexity index is 397. The van der Waals surface area contributed by atoms with E-state index in [9.17, 15) is 9.59 Å². The summed E-state index contributed by atoms with van der Waals surface area (Å²) in [6, 6.07) is -0.339. The lowest BCUT2D eigenvalue weighted by atomic mass is 9.84. The molecule has 15 heavy (non-hydrogen) atoms. The maximum absolute atomic E-state index is 11.4. The normalized spacial score (nSPS) is 13.8. The number of imidazole rings is 1. The molecule has 5 heteroatoms. The molecule has 2 N–H and O–H groups in total. The van der Waals surface area contributed by atoms with Crippen molar-refractivity contribution in [2.45, 2.75) is 33.2 Å². The van der Waals surface area contributed by atoms with Crippen molar-refractivity contribution in [1.29, 1.82) is 0 Å². The number of H-pyrrole nitrogens is 1. The minimum Gasteiger partial charge on any atom is -0.481 e. The highest BCUT2D eigenvalue weighted by Gasteiger charge is 2.29. The van der Waals surface area contributed by atoms with Gasteiger partial charge in [0.1, 0.15) is 0 Å². The average molecular weight is 212 g/mol. The minimum absolute atomic E-state index is 0.0543. The second kappa shape index (κ2) is 3.92. The molecule has 0 saturated heterocycles. The molecule has 84 valence electrons. The molecule has 1 atom stereocenters. The van der Waals surface area contributed by atoms with Crippen LogP contribution in [-0.4, -0.2) is 20.6 Å². The van der Waals surface area contributed by atoms with E-state index in [2.05, 4.69) is 4.98 Å². The van der Waals surface area contributed by atoms with E-state index in [1.807, 2.05) is 20.8 Å². The quantitative estimate of drug-likeness (QED) is 0.791. The number of hydrogen-bond acceptors (Lipinski definition) is 2. The molecular weight excluding hydrogens is 196 g/mol. The molecule has 0 aliphatic rings. The van der Waals surface area contributed by atoms with Crippen LogP contribution in [0.4, 0.5) is 0 Å². The second-order valence-corrected chi connectivity index (χ2v) is 4.65. The molecule has 1 unspecified atom stereocenters. The van der Waals surface area contributed by atoms with Gasteiger partial charge in [-0.1, -0.05) is 20.8 Å². The Morgan fingerprint density at radius 1 is 1.60 bits per heavy atom. The lowest BCUT2D eigenvalue weighted by molar-refractivity contribution is -0.138. The Morgan fingerprint density at radius 3 is 2.53 bits per heavy atom. The lowest BCUT2D eigenvalue weighted by Gasteiger charge is -2.29. The molecule has 0 spiro atoms. The Balaban J connectivity index is 3.07. The van der Waals surface area contributed by atoms with Gasteiger partial charge < -0.3 is 10.1 Å². The van der Waals surface area contributed by atoms with Crippen molar-refractivity contribution in [2.75, 3.05) is 0 Å². The first-order valence-electron chi connectivity index (χ1n) is 4.79. The van der Waals surface area contributed by atoms with Gasteiger partial charge in [0.05, 0.1) is 12.5 Å². The number of nitrogens with zero attached hydrogens (tertiary/aromatic N) is 1. The van der Waals surface area contributed by atoms with E-state index < -0.39 is 5.97 Å². The summed E-state index contributed by atoms with van der Waals surface area (Å²) in [5.41, 5.74) is -0.541. The second-order valence-electron chi connectivity index (χ2n) is 4.65. The van der Waals surface area contributed by atoms with E-state index >= 15 is 0 Å². The van der Waals surface area contributed by atoms with E-state index in [4.69, 9.17) is 5.11 Å².